The molecule has 2 aliphatic rings. The second-order valence-electron chi connectivity index (χ2n) is 5.27. The Morgan fingerprint density at radius 2 is 1.57 bits per heavy atom. The molecule has 2 aliphatic carbocycles. The SMILES string of the molecule is C1=CC2CCC1C2.CC(C)(C)C(=O)O. The van der Waals surface area contributed by atoms with Gasteiger partial charge in [-0.2, -0.15) is 0 Å². The lowest BCUT2D eigenvalue weighted by atomic mass is 9.98. The van der Waals surface area contributed by atoms with E-state index in [9.17, 15) is 4.79 Å². The molecule has 0 aromatic carbocycles. The molecule has 1 fully saturated rings. The number of carbonyl (C=O) groups is 1. The summed E-state index contributed by atoms with van der Waals surface area (Å²) in [7, 11) is 0. The van der Waals surface area contributed by atoms with Crippen molar-refractivity contribution in [1.29, 1.82) is 0 Å². The van der Waals surface area contributed by atoms with E-state index < -0.39 is 11.4 Å². The summed E-state index contributed by atoms with van der Waals surface area (Å²) in [4.78, 5) is 10.0. The van der Waals surface area contributed by atoms with Crippen LogP contribution in [0.1, 0.15) is 40.0 Å². The zero-order valence-corrected chi connectivity index (χ0v) is 9.29. The van der Waals surface area contributed by atoms with Crippen LogP contribution in [0.2, 0.25) is 0 Å². The smallest absolute Gasteiger partial charge is 0.308 e. The first-order valence-corrected chi connectivity index (χ1v) is 5.31. The summed E-state index contributed by atoms with van der Waals surface area (Å²) in [5, 5.41) is 8.25. The van der Waals surface area contributed by atoms with Gasteiger partial charge in [-0.1, -0.05) is 12.2 Å². The van der Waals surface area contributed by atoms with Crippen molar-refractivity contribution >= 4 is 5.97 Å². The van der Waals surface area contributed by atoms with E-state index in [1.165, 1.54) is 19.3 Å². The molecule has 0 aromatic heterocycles. The second kappa shape index (κ2) is 4.16. The summed E-state index contributed by atoms with van der Waals surface area (Å²) in [5.74, 6) is 1.22. The van der Waals surface area contributed by atoms with E-state index in [1.807, 2.05) is 0 Å². The fourth-order valence-electron chi connectivity index (χ4n) is 1.72. The van der Waals surface area contributed by atoms with Crippen molar-refractivity contribution in [3.63, 3.8) is 0 Å². The standard InChI is InChI=1S/C7H10.C5H10O2/c1-2-7-4-3-6(1)5-7;1-5(2,3)4(6)7/h1-2,6-7H,3-5H2;1-3H3,(H,6,7). The number of hydrogen-bond donors (Lipinski definition) is 1. The van der Waals surface area contributed by atoms with Gasteiger partial charge < -0.3 is 5.11 Å². The number of carboxylic acids is 1. The molecule has 2 nitrogen and oxygen atoms in total. The molecule has 14 heavy (non-hydrogen) atoms. The first-order valence-electron chi connectivity index (χ1n) is 5.31. The number of allylic oxidation sites excluding steroid dienone is 2. The average Bonchev–Trinajstić information content (AvgIpc) is 2.65. The Balaban J connectivity index is 0.000000140. The molecule has 0 heterocycles. The summed E-state index contributed by atoms with van der Waals surface area (Å²) in [6.07, 6.45) is 9.19. The van der Waals surface area contributed by atoms with Gasteiger partial charge in [0, 0.05) is 0 Å². The van der Waals surface area contributed by atoms with E-state index in [-0.39, 0.29) is 0 Å². The molecule has 0 spiro atoms. The molecule has 0 saturated heterocycles. The maximum Gasteiger partial charge on any atom is 0.308 e. The number of hydrogen-bond acceptors (Lipinski definition) is 1. The lowest BCUT2D eigenvalue weighted by molar-refractivity contribution is -0.145. The van der Waals surface area contributed by atoms with Crippen LogP contribution >= 0.6 is 0 Å². The number of aliphatic carboxylic acids is 1. The maximum atomic E-state index is 10.0. The lowest BCUT2D eigenvalue weighted by Gasteiger charge is -2.08. The van der Waals surface area contributed by atoms with E-state index in [4.69, 9.17) is 5.11 Å². The second-order valence-corrected chi connectivity index (χ2v) is 5.27. The Labute approximate surface area is 86.0 Å². The Bertz CT molecular complexity index is 223. The van der Waals surface area contributed by atoms with E-state index in [1.54, 1.807) is 20.8 Å². The van der Waals surface area contributed by atoms with Crippen LogP contribution in [0, 0.1) is 17.3 Å². The molecule has 0 aliphatic heterocycles. The highest BCUT2D eigenvalue weighted by atomic mass is 16.4. The highest BCUT2D eigenvalue weighted by Gasteiger charge is 2.25. The zero-order chi connectivity index (χ0) is 10.8. The van der Waals surface area contributed by atoms with Crippen molar-refractivity contribution in [2.24, 2.45) is 17.3 Å². The molecule has 2 rings (SSSR count). The van der Waals surface area contributed by atoms with Gasteiger partial charge >= 0.3 is 5.97 Å². The first kappa shape index (κ1) is 11.3. The van der Waals surface area contributed by atoms with Crippen molar-refractivity contribution in [2.45, 2.75) is 40.0 Å². The van der Waals surface area contributed by atoms with E-state index in [2.05, 4.69) is 12.2 Å². The molecule has 0 aromatic rings. The van der Waals surface area contributed by atoms with Crippen LogP contribution in [0.15, 0.2) is 12.2 Å². The highest BCUT2D eigenvalue weighted by molar-refractivity contribution is 5.72. The minimum absolute atomic E-state index is 0.583. The van der Waals surface area contributed by atoms with Crippen LogP contribution in [-0.4, -0.2) is 11.1 Å². The van der Waals surface area contributed by atoms with Crippen molar-refractivity contribution in [1.82, 2.24) is 0 Å². The predicted octanol–water partition coefficient (Wildman–Crippen LogP) is 3.09. The molecule has 1 N–H and O–H groups in total. The summed E-state index contributed by atoms with van der Waals surface area (Å²) >= 11 is 0. The van der Waals surface area contributed by atoms with E-state index in [0.29, 0.717) is 0 Å². The van der Waals surface area contributed by atoms with Crippen molar-refractivity contribution in [3.05, 3.63) is 12.2 Å². The summed E-state index contributed by atoms with van der Waals surface area (Å²) in [6, 6.07) is 0. The van der Waals surface area contributed by atoms with Crippen LogP contribution in [0.25, 0.3) is 0 Å². The Morgan fingerprint density at radius 3 is 1.64 bits per heavy atom. The average molecular weight is 196 g/mol. The molecular formula is C12H20O2. The third-order valence-corrected chi connectivity index (χ3v) is 2.81. The van der Waals surface area contributed by atoms with E-state index >= 15 is 0 Å². The minimum atomic E-state index is -0.757. The monoisotopic (exact) mass is 196 g/mol. The van der Waals surface area contributed by atoms with Crippen LogP contribution < -0.4 is 0 Å². The number of fused-ring (bicyclic) bond motifs is 2. The molecular weight excluding hydrogens is 176 g/mol. The molecule has 0 radical (unpaired) electrons. The van der Waals surface area contributed by atoms with Crippen LogP contribution in [-0.2, 0) is 4.79 Å². The van der Waals surface area contributed by atoms with Gasteiger partial charge in [0.15, 0.2) is 0 Å². The van der Waals surface area contributed by atoms with Crippen molar-refractivity contribution < 1.29 is 9.90 Å². The fourth-order valence-corrected chi connectivity index (χ4v) is 1.72. The Kier molecular flexibility index (Phi) is 3.35. The molecule has 0 amide bonds. The van der Waals surface area contributed by atoms with Gasteiger partial charge in [0.1, 0.15) is 0 Å². The highest BCUT2D eigenvalue weighted by Crippen LogP contribution is 2.38. The minimum Gasteiger partial charge on any atom is -0.481 e. The number of rotatable bonds is 0. The Morgan fingerprint density at radius 1 is 1.21 bits per heavy atom. The fraction of sp³-hybridized carbons (Fsp3) is 0.750. The predicted molar refractivity (Wildman–Crippen MR) is 57.1 cm³/mol. The molecule has 80 valence electrons. The topological polar surface area (TPSA) is 37.3 Å². The zero-order valence-electron chi connectivity index (χ0n) is 9.29. The molecule has 1 saturated carbocycles. The van der Waals surface area contributed by atoms with Crippen molar-refractivity contribution in [2.75, 3.05) is 0 Å². The van der Waals surface area contributed by atoms with Crippen LogP contribution in [0.3, 0.4) is 0 Å². The maximum absolute atomic E-state index is 10.0. The Hall–Kier alpha value is -0.790. The molecule has 2 atom stereocenters. The lowest BCUT2D eigenvalue weighted by Crippen LogP contribution is -2.18. The first-order chi connectivity index (χ1) is 6.39. The molecule has 2 heteroatoms. The van der Waals surface area contributed by atoms with Crippen molar-refractivity contribution in [3.8, 4) is 0 Å². The molecule has 2 bridgehead atoms. The number of carboxylic acid groups (broad SMARTS) is 1. The summed E-state index contributed by atoms with van der Waals surface area (Å²) in [5.41, 5.74) is -0.583. The largest absolute Gasteiger partial charge is 0.481 e. The van der Waals surface area contributed by atoms with E-state index in [0.717, 1.165) is 11.8 Å². The third-order valence-electron chi connectivity index (χ3n) is 2.81. The summed E-state index contributed by atoms with van der Waals surface area (Å²) in [6.45, 7) is 4.99. The van der Waals surface area contributed by atoms with Gasteiger partial charge in [-0.25, -0.2) is 0 Å². The van der Waals surface area contributed by atoms with Gasteiger partial charge in [-0.05, 0) is 51.9 Å². The van der Waals surface area contributed by atoms with Gasteiger partial charge in [0.2, 0.25) is 0 Å². The molecule has 2 unspecified atom stereocenters. The van der Waals surface area contributed by atoms with Gasteiger partial charge in [-0.3, -0.25) is 4.79 Å². The van der Waals surface area contributed by atoms with Gasteiger partial charge in [0.25, 0.3) is 0 Å². The normalized spacial score (nSPS) is 28.5. The van der Waals surface area contributed by atoms with Crippen LogP contribution in [0.4, 0.5) is 0 Å². The quantitative estimate of drug-likeness (QED) is 0.604. The van der Waals surface area contributed by atoms with Gasteiger partial charge in [0.05, 0.1) is 5.41 Å². The van der Waals surface area contributed by atoms with Gasteiger partial charge in [-0.15, -0.1) is 0 Å². The summed E-state index contributed by atoms with van der Waals surface area (Å²) < 4.78 is 0. The van der Waals surface area contributed by atoms with Crippen LogP contribution in [0.5, 0.6) is 0 Å². The third kappa shape index (κ3) is 3.17.